The van der Waals surface area contributed by atoms with Crippen molar-refractivity contribution in [3.05, 3.63) is 0 Å². The van der Waals surface area contributed by atoms with E-state index < -0.39 is 0 Å². The number of nitrogens with zero attached hydrogens (tertiary/aromatic N) is 1. The Kier molecular flexibility index (Phi) is 2.82. The predicted molar refractivity (Wildman–Crippen MR) is 55.2 cm³/mol. The number of ether oxygens (including phenoxy) is 1. The van der Waals surface area contributed by atoms with Gasteiger partial charge in [0, 0.05) is 31.7 Å². The Hall–Kier alpha value is -0.120. The maximum Gasteiger partial charge on any atom is 0.0678 e. The van der Waals surface area contributed by atoms with Crippen molar-refractivity contribution in [3.8, 4) is 0 Å². The van der Waals surface area contributed by atoms with Gasteiger partial charge in [-0.1, -0.05) is 0 Å². The second-order valence-corrected chi connectivity index (χ2v) is 5.11. The first-order valence-electron chi connectivity index (χ1n) is 5.62. The highest BCUT2D eigenvalue weighted by Gasteiger charge is 2.44. The third-order valence-corrected chi connectivity index (χ3v) is 3.35. The number of hydrogen-bond donors (Lipinski definition) is 1. The highest BCUT2D eigenvalue weighted by molar-refractivity contribution is 4.95. The fraction of sp³-hybridized carbons (Fsp3) is 1.00. The quantitative estimate of drug-likeness (QED) is 0.732. The summed E-state index contributed by atoms with van der Waals surface area (Å²) in [5.41, 5.74) is 0.247. The summed E-state index contributed by atoms with van der Waals surface area (Å²) < 4.78 is 5.68. The van der Waals surface area contributed by atoms with E-state index in [1.807, 2.05) is 0 Å². The van der Waals surface area contributed by atoms with Gasteiger partial charge in [-0.05, 0) is 26.7 Å². The van der Waals surface area contributed by atoms with Crippen molar-refractivity contribution >= 4 is 0 Å². The van der Waals surface area contributed by atoms with Crippen LogP contribution in [0.1, 0.15) is 26.7 Å². The molecule has 3 heteroatoms. The molecule has 1 N–H and O–H groups in total. The molecule has 2 atom stereocenters. The van der Waals surface area contributed by atoms with Crippen molar-refractivity contribution in [1.82, 2.24) is 4.90 Å². The van der Waals surface area contributed by atoms with Crippen LogP contribution < -0.4 is 0 Å². The van der Waals surface area contributed by atoms with Crippen LogP contribution in [0.25, 0.3) is 0 Å². The van der Waals surface area contributed by atoms with Gasteiger partial charge in [-0.3, -0.25) is 4.90 Å². The second kappa shape index (κ2) is 3.80. The van der Waals surface area contributed by atoms with Crippen LogP contribution in [0.15, 0.2) is 0 Å². The molecule has 3 nitrogen and oxygen atoms in total. The molecule has 0 aromatic rings. The van der Waals surface area contributed by atoms with Crippen molar-refractivity contribution < 1.29 is 9.84 Å². The number of aliphatic hydroxyl groups excluding tert-OH is 1. The Bertz CT molecular complexity index is 193. The van der Waals surface area contributed by atoms with Gasteiger partial charge in [0.2, 0.25) is 0 Å². The van der Waals surface area contributed by atoms with Crippen LogP contribution in [-0.4, -0.2) is 48.5 Å². The molecule has 0 aromatic heterocycles. The first-order valence-corrected chi connectivity index (χ1v) is 5.62. The van der Waals surface area contributed by atoms with Crippen molar-refractivity contribution in [2.45, 2.75) is 38.9 Å². The van der Waals surface area contributed by atoms with Gasteiger partial charge in [0.05, 0.1) is 12.2 Å². The smallest absolute Gasteiger partial charge is 0.0678 e. The van der Waals surface area contributed by atoms with Gasteiger partial charge in [0.25, 0.3) is 0 Å². The standard InChI is InChI=1S/C11H21NO2/c1-9-5-12(6-10(2)14-9)7-11(8-13)3-4-11/h9-10,13H,3-8H2,1-2H3. The van der Waals surface area contributed by atoms with Gasteiger partial charge in [-0.2, -0.15) is 0 Å². The maximum absolute atomic E-state index is 9.26. The van der Waals surface area contributed by atoms with Gasteiger partial charge in [-0.25, -0.2) is 0 Å². The molecule has 1 aliphatic heterocycles. The lowest BCUT2D eigenvalue weighted by molar-refractivity contribution is -0.0744. The fourth-order valence-electron chi connectivity index (χ4n) is 2.43. The molecule has 2 aliphatic rings. The first-order chi connectivity index (χ1) is 6.63. The van der Waals surface area contributed by atoms with Crippen LogP contribution in [-0.2, 0) is 4.74 Å². The lowest BCUT2D eigenvalue weighted by Gasteiger charge is -2.37. The summed E-state index contributed by atoms with van der Waals surface area (Å²) in [5.74, 6) is 0. The molecular formula is C11H21NO2. The van der Waals surface area contributed by atoms with Crippen molar-refractivity contribution in [2.24, 2.45) is 5.41 Å². The monoisotopic (exact) mass is 199 g/mol. The lowest BCUT2D eigenvalue weighted by atomic mass is 10.1. The summed E-state index contributed by atoms with van der Waals surface area (Å²) in [6.45, 7) is 7.70. The number of rotatable bonds is 3. The zero-order valence-corrected chi connectivity index (χ0v) is 9.20. The third-order valence-electron chi connectivity index (χ3n) is 3.35. The predicted octanol–water partition coefficient (Wildman–Crippen LogP) is 0.868. The lowest BCUT2D eigenvalue weighted by Crippen LogP contribution is -2.47. The molecule has 2 unspecified atom stereocenters. The molecule has 0 bridgehead atoms. The normalized spacial score (nSPS) is 37.1. The largest absolute Gasteiger partial charge is 0.396 e. The Morgan fingerprint density at radius 2 is 1.86 bits per heavy atom. The van der Waals surface area contributed by atoms with Gasteiger partial charge < -0.3 is 9.84 Å². The van der Waals surface area contributed by atoms with Crippen molar-refractivity contribution in [3.63, 3.8) is 0 Å². The second-order valence-electron chi connectivity index (χ2n) is 5.11. The van der Waals surface area contributed by atoms with E-state index in [-0.39, 0.29) is 5.41 Å². The summed E-state index contributed by atoms with van der Waals surface area (Å²) in [7, 11) is 0. The molecule has 1 aliphatic carbocycles. The van der Waals surface area contributed by atoms with E-state index >= 15 is 0 Å². The molecule has 0 radical (unpaired) electrons. The summed E-state index contributed by atoms with van der Waals surface area (Å²) >= 11 is 0. The highest BCUT2D eigenvalue weighted by Crippen LogP contribution is 2.45. The Morgan fingerprint density at radius 3 is 2.29 bits per heavy atom. The molecule has 2 rings (SSSR count). The number of morpholine rings is 1. The molecule has 1 saturated heterocycles. The molecule has 1 heterocycles. The average molecular weight is 199 g/mol. The summed E-state index contributed by atoms with van der Waals surface area (Å²) in [4.78, 5) is 2.45. The molecule has 0 amide bonds. The molecule has 82 valence electrons. The Labute approximate surface area is 86.0 Å². The van der Waals surface area contributed by atoms with E-state index in [4.69, 9.17) is 4.74 Å². The van der Waals surface area contributed by atoms with Crippen LogP contribution in [0.4, 0.5) is 0 Å². The van der Waals surface area contributed by atoms with E-state index in [1.165, 1.54) is 12.8 Å². The molecule has 0 spiro atoms. The molecule has 14 heavy (non-hydrogen) atoms. The zero-order chi connectivity index (χ0) is 10.2. The van der Waals surface area contributed by atoms with Crippen molar-refractivity contribution in [2.75, 3.05) is 26.2 Å². The summed E-state index contributed by atoms with van der Waals surface area (Å²) in [6, 6.07) is 0. The minimum atomic E-state index is 0.247. The zero-order valence-electron chi connectivity index (χ0n) is 9.20. The molecule has 0 aromatic carbocycles. The minimum Gasteiger partial charge on any atom is -0.396 e. The van der Waals surface area contributed by atoms with E-state index in [1.54, 1.807) is 0 Å². The summed E-state index contributed by atoms with van der Waals surface area (Å²) in [6.07, 6.45) is 3.08. The number of hydrogen-bond acceptors (Lipinski definition) is 3. The summed E-state index contributed by atoms with van der Waals surface area (Å²) in [5, 5.41) is 9.26. The van der Waals surface area contributed by atoms with Crippen LogP contribution >= 0.6 is 0 Å². The van der Waals surface area contributed by atoms with Crippen LogP contribution in [0.5, 0.6) is 0 Å². The van der Waals surface area contributed by atoms with E-state index in [0.717, 1.165) is 19.6 Å². The fourth-order valence-corrected chi connectivity index (χ4v) is 2.43. The SMILES string of the molecule is CC1CN(CC2(CO)CC2)CC(C)O1. The van der Waals surface area contributed by atoms with E-state index in [9.17, 15) is 5.11 Å². The first kappa shape index (κ1) is 10.4. The maximum atomic E-state index is 9.26. The van der Waals surface area contributed by atoms with Gasteiger partial charge in [0.15, 0.2) is 0 Å². The average Bonchev–Trinajstić information content (AvgIpc) is 2.83. The third kappa shape index (κ3) is 2.27. The molecular weight excluding hydrogens is 178 g/mol. The van der Waals surface area contributed by atoms with Crippen LogP contribution in [0.2, 0.25) is 0 Å². The molecule has 2 fully saturated rings. The minimum absolute atomic E-state index is 0.247. The van der Waals surface area contributed by atoms with Gasteiger partial charge in [0.1, 0.15) is 0 Å². The van der Waals surface area contributed by atoms with Crippen LogP contribution in [0, 0.1) is 5.41 Å². The number of aliphatic hydroxyl groups is 1. The topological polar surface area (TPSA) is 32.7 Å². The van der Waals surface area contributed by atoms with E-state index in [0.29, 0.717) is 18.8 Å². The Balaban J connectivity index is 1.85. The van der Waals surface area contributed by atoms with Crippen LogP contribution in [0.3, 0.4) is 0 Å². The van der Waals surface area contributed by atoms with Gasteiger partial charge >= 0.3 is 0 Å². The molecule has 1 saturated carbocycles. The Morgan fingerprint density at radius 1 is 1.29 bits per heavy atom. The highest BCUT2D eigenvalue weighted by atomic mass is 16.5. The van der Waals surface area contributed by atoms with Crippen molar-refractivity contribution in [1.29, 1.82) is 0 Å². The van der Waals surface area contributed by atoms with E-state index in [2.05, 4.69) is 18.7 Å². The van der Waals surface area contributed by atoms with Gasteiger partial charge in [-0.15, -0.1) is 0 Å².